The van der Waals surface area contributed by atoms with Crippen molar-refractivity contribution in [2.45, 2.75) is 43.2 Å². The monoisotopic (exact) mass is 1190 g/mol. The lowest BCUT2D eigenvalue weighted by atomic mass is 9.81. The molecule has 11 N–H and O–H groups in total. The van der Waals surface area contributed by atoms with E-state index in [0.29, 0.717) is 72.3 Å². The highest BCUT2D eigenvalue weighted by Gasteiger charge is 2.38. The number of hydrogen-bond acceptors (Lipinski definition) is 16. The molecular weight excluding hydrogens is 1120 g/mol. The molecule has 2 heterocycles. The van der Waals surface area contributed by atoms with Crippen molar-refractivity contribution in [3.63, 3.8) is 0 Å². The molecule has 1 fully saturated rings. The molecule has 1 aliphatic carbocycles. The zero-order valence-corrected chi connectivity index (χ0v) is 48.6. The fourth-order valence-corrected chi connectivity index (χ4v) is 10.8. The van der Waals surface area contributed by atoms with Crippen LogP contribution in [0.15, 0.2) is 132 Å². The Hall–Kier alpha value is -5.93. The van der Waals surface area contributed by atoms with Crippen molar-refractivity contribution in [3.8, 4) is 11.5 Å². The fraction of sp³-hybridized carbons (Fsp3) is 0.322. The number of phenols is 2. The Kier molecular flexibility index (Phi) is 25.7. The number of ketones is 2. The number of halogens is 4. The minimum absolute atomic E-state index is 0.00939. The number of amides is 1. The molecule has 2 atom stereocenters. The normalized spacial score (nSPS) is 14.3. The highest BCUT2D eigenvalue weighted by molar-refractivity contribution is 8.14. The summed E-state index contributed by atoms with van der Waals surface area (Å²) in [6, 6.07) is 39.4. The fourth-order valence-electron chi connectivity index (χ4n) is 8.77. The first-order valence-corrected chi connectivity index (χ1v) is 28.8. The van der Waals surface area contributed by atoms with Crippen LogP contribution in [0.2, 0.25) is 10.0 Å². The van der Waals surface area contributed by atoms with Crippen molar-refractivity contribution < 1.29 is 34.8 Å². The van der Waals surface area contributed by atoms with Crippen LogP contribution in [0.4, 0.5) is 11.4 Å². The van der Waals surface area contributed by atoms with Crippen LogP contribution < -0.4 is 37.4 Å². The number of rotatable bonds is 21. The molecule has 80 heavy (non-hydrogen) atoms. The number of alkyl halides is 2. The number of thioether (sulfide) groups is 1. The summed E-state index contributed by atoms with van der Waals surface area (Å²) in [7, 11) is 1.82. The minimum Gasteiger partial charge on any atom is -0.507 e. The van der Waals surface area contributed by atoms with Crippen LogP contribution in [-0.2, 0) is 6.54 Å². The molecule has 426 valence electrons. The highest BCUT2D eigenvalue weighted by atomic mass is 35.5. The molecule has 1 amide bonds. The number of nitrogens with one attached hydrogen (secondary N) is 7. The number of aliphatic hydroxyl groups is 2. The maximum atomic E-state index is 13.4. The largest absolute Gasteiger partial charge is 0.507 e. The summed E-state index contributed by atoms with van der Waals surface area (Å²) in [6.45, 7) is 9.69. The molecule has 0 bridgehead atoms. The number of nitrogens with zero attached hydrogens (tertiary/aromatic N) is 2. The van der Waals surface area contributed by atoms with Crippen LogP contribution >= 0.6 is 58.2 Å². The molecular formula is C59H69Cl4N9O7S. The lowest BCUT2D eigenvalue weighted by Crippen LogP contribution is -2.30. The molecule has 2 aliphatic heterocycles. The van der Waals surface area contributed by atoms with Gasteiger partial charge in [-0.2, -0.15) is 0 Å². The van der Waals surface area contributed by atoms with Crippen LogP contribution in [0, 0.1) is 0 Å². The second-order valence-corrected chi connectivity index (χ2v) is 21.7. The predicted octanol–water partition coefficient (Wildman–Crippen LogP) is 8.98. The van der Waals surface area contributed by atoms with Crippen molar-refractivity contribution in [2.24, 2.45) is 4.99 Å². The summed E-state index contributed by atoms with van der Waals surface area (Å²) < 4.78 is 0. The van der Waals surface area contributed by atoms with Crippen LogP contribution in [0.25, 0.3) is 0 Å². The Balaban J connectivity index is 0.000000183. The predicted molar refractivity (Wildman–Crippen MR) is 326 cm³/mol. The Bertz CT molecular complexity index is 2920. The van der Waals surface area contributed by atoms with Crippen molar-refractivity contribution in [2.75, 3.05) is 89.0 Å². The summed E-state index contributed by atoms with van der Waals surface area (Å²) in [6.07, 6.45) is 0. The number of carbonyl (C=O) groups is 3. The number of hydrazine groups is 1. The van der Waals surface area contributed by atoms with Gasteiger partial charge in [-0.3, -0.25) is 30.2 Å². The Morgan fingerprint density at radius 3 is 1.77 bits per heavy atom. The summed E-state index contributed by atoms with van der Waals surface area (Å²) in [5, 5.41) is 56.0. The van der Waals surface area contributed by atoms with Gasteiger partial charge in [-0.25, -0.2) is 0 Å². The zero-order valence-electron chi connectivity index (χ0n) is 44.7. The van der Waals surface area contributed by atoms with Crippen molar-refractivity contribution in [1.29, 1.82) is 0 Å². The number of anilines is 2. The number of phenolic OH excluding ortho intramolecular Hbond substituents is 2. The molecule has 6 aromatic carbocycles. The summed E-state index contributed by atoms with van der Waals surface area (Å²) in [4.78, 5) is 44.9. The number of carbonyl (C=O) groups excluding carboxylic acids is 3. The average Bonchev–Trinajstić information content (AvgIpc) is 4.22. The number of hydrogen-bond donors (Lipinski definition) is 11. The second-order valence-electron chi connectivity index (χ2n) is 18.7. The van der Waals surface area contributed by atoms with Gasteiger partial charge in [0.25, 0.3) is 5.91 Å². The lowest BCUT2D eigenvalue weighted by molar-refractivity contribution is 0.0942. The quantitative estimate of drug-likeness (QED) is 0.0140. The number of benzene rings is 6. The van der Waals surface area contributed by atoms with Crippen LogP contribution in [-0.4, -0.2) is 137 Å². The van der Waals surface area contributed by atoms with E-state index in [1.165, 1.54) is 35.2 Å². The number of aliphatic hydroxyl groups excluding tert-OH is 2. The molecule has 1 unspecified atom stereocenters. The van der Waals surface area contributed by atoms with Gasteiger partial charge >= 0.3 is 0 Å². The van der Waals surface area contributed by atoms with E-state index in [1.807, 2.05) is 105 Å². The first-order valence-electron chi connectivity index (χ1n) is 26.2. The van der Waals surface area contributed by atoms with Crippen molar-refractivity contribution in [1.82, 2.24) is 31.7 Å². The third-order valence-corrected chi connectivity index (χ3v) is 14.7. The van der Waals surface area contributed by atoms with Crippen LogP contribution in [0.3, 0.4) is 0 Å². The lowest BCUT2D eigenvalue weighted by Gasteiger charge is -2.25. The molecule has 0 spiro atoms. The van der Waals surface area contributed by atoms with Gasteiger partial charge in [-0.1, -0.05) is 108 Å². The molecule has 0 saturated carbocycles. The molecule has 16 nitrogen and oxygen atoms in total. The highest BCUT2D eigenvalue weighted by Crippen LogP contribution is 2.43. The van der Waals surface area contributed by atoms with E-state index in [2.05, 4.69) is 72.7 Å². The van der Waals surface area contributed by atoms with Gasteiger partial charge in [0, 0.05) is 104 Å². The molecule has 21 heteroatoms. The third kappa shape index (κ3) is 17.8. The SMILES string of the molecule is CNNCc1ccc(C(=O)NC(C)C)cc1.Clc1ccc(C(c2ccccc2Cl)C(Cl)Cl)cc1.O=C1c2c(O)ccc(O)c2C(=O)c2c(NCCNCCO)ccc(NCCNCCO)c21.c1ccc([C@H]2CN3CCSC3=N2)cc1. The first kappa shape index (κ1) is 63.3. The van der Waals surface area contributed by atoms with Gasteiger partial charge in [0.15, 0.2) is 5.17 Å². The summed E-state index contributed by atoms with van der Waals surface area (Å²) >= 11 is 26.2. The second kappa shape index (κ2) is 32.5. The van der Waals surface area contributed by atoms with Gasteiger partial charge < -0.3 is 51.9 Å². The van der Waals surface area contributed by atoms with Gasteiger partial charge in [0.05, 0.1) is 41.5 Å². The van der Waals surface area contributed by atoms with E-state index in [4.69, 9.17) is 61.6 Å². The van der Waals surface area contributed by atoms with Crippen molar-refractivity contribution in [3.05, 3.63) is 188 Å². The minimum atomic E-state index is -0.578. The Morgan fingerprint density at radius 1 is 0.700 bits per heavy atom. The summed E-state index contributed by atoms with van der Waals surface area (Å²) in [5.41, 5.74) is 11.6. The number of aliphatic imine (C=N–C) groups is 1. The average molecular weight is 1190 g/mol. The molecule has 0 radical (unpaired) electrons. The van der Waals surface area contributed by atoms with Crippen molar-refractivity contribution >= 4 is 92.2 Å². The van der Waals surface area contributed by atoms with Gasteiger partial charge in [-0.05, 0) is 97.7 Å². The Morgan fingerprint density at radius 2 is 1.26 bits per heavy atom. The number of fused-ring (bicyclic) bond motifs is 3. The van der Waals surface area contributed by atoms with E-state index in [-0.39, 0.29) is 64.8 Å². The van der Waals surface area contributed by atoms with E-state index in [1.54, 1.807) is 12.1 Å². The summed E-state index contributed by atoms with van der Waals surface area (Å²) in [5.74, 6) is -0.845. The van der Waals surface area contributed by atoms with E-state index in [0.717, 1.165) is 29.8 Å². The van der Waals surface area contributed by atoms with E-state index in [9.17, 15) is 24.6 Å². The zero-order chi connectivity index (χ0) is 57.6. The van der Waals surface area contributed by atoms with Gasteiger partial charge in [0.2, 0.25) is 11.6 Å². The molecule has 9 rings (SSSR count). The standard InChI is InChI=1S/C22H28N4O6.C14H10Cl4.C12H19N3O.C11H12N2S/c27-11-9-23-5-7-25-13-1-2-14(26-8-6-24-10-12-28)18-17(13)21(31)19-15(29)3-4-16(30)20(19)22(18)32;15-10-7-5-9(6-8-10)13(14(17)18)11-3-1-2-4-12(11)16;1-9(2)15-12(16)11-6-4-10(5-7-11)8-14-13-3;1-2-4-9(5-3-1)10-8-13-6-7-14-11(13)12-10/h1-4,23-30H,5-12H2;1-8,13-14H;4-7,9,13-14H,8H2,1-3H3,(H,15,16);1-5,10H,6-8H2/t;;;10-/m...1/s1. The van der Waals surface area contributed by atoms with E-state index >= 15 is 0 Å². The number of amidine groups is 1. The molecule has 3 aliphatic rings. The smallest absolute Gasteiger partial charge is 0.251 e. The third-order valence-electron chi connectivity index (χ3n) is 12.6. The molecule has 1 saturated heterocycles. The van der Waals surface area contributed by atoms with Crippen LogP contribution in [0.1, 0.15) is 90.3 Å². The van der Waals surface area contributed by atoms with Gasteiger partial charge in [-0.15, -0.1) is 23.2 Å². The molecule has 6 aromatic rings. The maximum Gasteiger partial charge on any atom is 0.251 e. The Labute approximate surface area is 492 Å². The molecule has 0 aromatic heterocycles. The van der Waals surface area contributed by atoms with Gasteiger partial charge in [0.1, 0.15) is 16.3 Å². The van der Waals surface area contributed by atoms with Crippen LogP contribution in [0.5, 0.6) is 11.5 Å². The maximum absolute atomic E-state index is 13.4. The number of aromatic hydroxyl groups is 2. The van der Waals surface area contributed by atoms with E-state index < -0.39 is 16.4 Å². The first-order chi connectivity index (χ1) is 38.7. The topological polar surface area (TPSA) is 232 Å².